The zero-order valence-corrected chi connectivity index (χ0v) is 17.8. The molecule has 3 aromatic rings. The molecule has 2 aromatic carbocycles. The van der Waals surface area contributed by atoms with Gasteiger partial charge >= 0.3 is 6.01 Å². The summed E-state index contributed by atoms with van der Waals surface area (Å²) in [6.07, 6.45) is 0. The van der Waals surface area contributed by atoms with Crippen molar-refractivity contribution < 1.29 is 28.3 Å². The first-order chi connectivity index (χ1) is 15.5. The van der Waals surface area contributed by atoms with Gasteiger partial charge in [-0.3, -0.25) is 20.2 Å². The summed E-state index contributed by atoms with van der Waals surface area (Å²) < 4.78 is 22.6. The molecule has 0 radical (unpaired) electrons. The zero-order chi connectivity index (χ0) is 23.1. The lowest BCUT2D eigenvalue weighted by molar-refractivity contribution is -0.384. The number of nitro benzene ring substituents is 1. The minimum absolute atomic E-state index is 0.0808. The van der Waals surface area contributed by atoms with Gasteiger partial charge in [0.25, 0.3) is 11.6 Å². The Balaban J connectivity index is 1.87. The topological polar surface area (TPSA) is 139 Å². The van der Waals surface area contributed by atoms with Crippen molar-refractivity contribution in [1.82, 2.24) is 10.2 Å². The predicted molar refractivity (Wildman–Crippen MR) is 114 cm³/mol. The molecule has 0 spiro atoms. The maximum Gasteiger partial charge on any atom is 0.322 e. The number of carbonyl (C=O) groups excluding carboxylic acids is 1. The molecule has 1 heterocycles. The summed E-state index contributed by atoms with van der Waals surface area (Å²) in [5.74, 6) is 0.870. The van der Waals surface area contributed by atoms with Gasteiger partial charge in [-0.2, -0.15) is 0 Å². The molecule has 0 aliphatic rings. The van der Waals surface area contributed by atoms with Gasteiger partial charge in [0, 0.05) is 23.3 Å². The molecule has 168 valence electrons. The summed E-state index contributed by atoms with van der Waals surface area (Å²) >= 11 is 0. The van der Waals surface area contributed by atoms with Crippen molar-refractivity contribution in [3.05, 3.63) is 52.1 Å². The molecule has 0 bridgehead atoms. The molecule has 0 saturated carbocycles. The zero-order valence-electron chi connectivity index (χ0n) is 17.8. The Morgan fingerprint density at radius 1 is 1.03 bits per heavy atom. The summed E-state index contributed by atoms with van der Waals surface area (Å²) in [6.45, 7) is 6.78. The molecule has 0 saturated heterocycles. The molecule has 1 aromatic heterocycles. The molecule has 0 unspecified atom stereocenters. The molecule has 3 rings (SSSR count). The molecule has 1 amide bonds. The van der Waals surface area contributed by atoms with Crippen LogP contribution in [0.25, 0.3) is 11.5 Å². The second-order valence-electron chi connectivity index (χ2n) is 6.27. The van der Waals surface area contributed by atoms with E-state index in [-0.39, 0.29) is 23.2 Å². The van der Waals surface area contributed by atoms with E-state index in [0.29, 0.717) is 42.6 Å². The summed E-state index contributed by atoms with van der Waals surface area (Å²) in [5.41, 5.74) is 0.381. The van der Waals surface area contributed by atoms with Crippen molar-refractivity contribution in [2.75, 3.05) is 25.1 Å². The Kier molecular flexibility index (Phi) is 7.21. The van der Waals surface area contributed by atoms with Crippen LogP contribution >= 0.6 is 0 Å². The van der Waals surface area contributed by atoms with Crippen LogP contribution < -0.4 is 19.5 Å². The van der Waals surface area contributed by atoms with E-state index in [4.69, 9.17) is 18.6 Å². The lowest BCUT2D eigenvalue weighted by atomic mass is 10.2. The standard InChI is InChI=1S/C21H22N4O7/c1-4-29-16-11-14(12-17(30-5-2)18(16)31-6-3)20-23-24-21(32-20)22-19(26)13-8-7-9-15(10-13)25(27)28/h7-12H,4-6H2,1-3H3,(H,22,24,26). The molecular formula is C21H22N4O7. The third kappa shape index (κ3) is 5.12. The number of anilines is 1. The number of amides is 1. The second-order valence-corrected chi connectivity index (χ2v) is 6.27. The second kappa shape index (κ2) is 10.2. The van der Waals surface area contributed by atoms with Crippen molar-refractivity contribution in [2.24, 2.45) is 0 Å². The van der Waals surface area contributed by atoms with Gasteiger partial charge in [-0.15, -0.1) is 5.10 Å². The molecule has 0 fully saturated rings. The van der Waals surface area contributed by atoms with E-state index in [0.717, 1.165) is 6.07 Å². The smallest absolute Gasteiger partial charge is 0.322 e. The van der Waals surface area contributed by atoms with Gasteiger partial charge in [-0.1, -0.05) is 11.2 Å². The predicted octanol–water partition coefficient (Wildman–Crippen LogP) is 4.09. The largest absolute Gasteiger partial charge is 0.490 e. The van der Waals surface area contributed by atoms with E-state index in [2.05, 4.69) is 15.5 Å². The van der Waals surface area contributed by atoms with E-state index in [1.807, 2.05) is 20.8 Å². The monoisotopic (exact) mass is 442 g/mol. The SMILES string of the molecule is CCOc1cc(-c2nnc(NC(=O)c3cccc([N+](=O)[O-])c3)o2)cc(OCC)c1OCC. The van der Waals surface area contributed by atoms with E-state index >= 15 is 0 Å². The van der Waals surface area contributed by atoms with Crippen LogP contribution in [0.15, 0.2) is 40.8 Å². The Labute approximate surface area is 183 Å². The van der Waals surface area contributed by atoms with Crippen molar-refractivity contribution in [3.8, 4) is 28.7 Å². The van der Waals surface area contributed by atoms with E-state index in [1.165, 1.54) is 18.2 Å². The first kappa shape index (κ1) is 22.5. The summed E-state index contributed by atoms with van der Waals surface area (Å²) in [6, 6.07) is 8.49. The quantitative estimate of drug-likeness (QED) is 0.363. The van der Waals surface area contributed by atoms with E-state index in [9.17, 15) is 14.9 Å². The van der Waals surface area contributed by atoms with Crippen LogP contribution in [0.5, 0.6) is 17.2 Å². The molecule has 0 aliphatic carbocycles. The number of aromatic nitrogens is 2. The Hall–Kier alpha value is -4.15. The van der Waals surface area contributed by atoms with Gasteiger partial charge in [-0.25, -0.2) is 0 Å². The fourth-order valence-corrected chi connectivity index (χ4v) is 2.83. The van der Waals surface area contributed by atoms with Crippen LogP contribution in [-0.2, 0) is 0 Å². The highest BCUT2D eigenvalue weighted by Gasteiger charge is 2.20. The lowest BCUT2D eigenvalue weighted by Crippen LogP contribution is -2.12. The van der Waals surface area contributed by atoms with Crippen molar-refractivity contribution >= 4 is 17.6 Å². The number of non-ortho nitro benzene ring substituents is 1. The van der Waals surface area contributed by atoms with Gasteiger partial charge in [0.15, 0.2) is 11.5 Å². The number of ether oxygens (including phenoxy) is 3. The Bertz CT molecular complexity index is 1090. The van der Waals surface area contributed by atoms with E-state index in [1.54, 1.807) is 12.1 Å². The van der Waals surface area contributed by atoms with Crippen LogP contribution in [0, 0.1) is 10.1 Å². The highest BCUT2D eigenvalue weighted by atomic mass is 16.6. The number of hydrogen-bond donors (Lipinski definition) is 1. The average Bonchev–Trinajstić information content (AvgIpc) is 3.24. The van der Waals surface area contributed by atoms with Crippen molar-refractivity contribution in [3.63, 3.8) is 0 Å². The van der Waals surface area contributed by atoms with Crippen molar-refractivity contribution in [2.45, 2.75) is 20.8 Å². The average molecular weight is 442 g/mol. The minimum Gasteiger partial charge on any atom is -0.490 e. The van der Waals surface area contributed by atoms with Gasteiger partial charge < -0.3 is 18.6 Å². The molecular weight excluding hydrogens is 420 g/mol. The van der Waals surface area contributed by atoms with E-state index < -0.39 is 10.8 Å². The molecule has 32 heavy (non-hydrogen) atoms. The maximum absolute atomic E-state index is 12.4. The number of nitro groups is 1. The lowest BCUT2D eigenvalue weighted by Gasteiger charge is -2.16. The molecule has 1 N–H and O–H groups in total. The molecule has 0 atom stereocenters. The number of rotatable bonds is 10. The first-order valence-electron chi connectivity index (χ1n) is 9.92. The maximum atomic E-state index is 12.4. The molecule has 0 aliphatic heterocycles. The summed E-state index contributed by atoms with van der Waals surface area (Å²) in [7, 11) is 0. The third-order valence-electron chi connectivity index (χ3n) is 4.12. The van der Waals surface area contributed by atoms with Crippen LogP contribution in [-0.4, -0.2) is 40.8 Å². The van der Waals surface area contributed by atoms with Crippen LogP contribution in [0.4, 0.5) is 11.7 Å². The minimum atomic E-state index is -0.624. The van der Waals surface area contributed by atoms with Gasteiger partial charge in [0.1, 0.15) is 0 Å². The number of nitrogens with zero attached hydrogens (tertiary/aromatic N) is 3. The third-order valence-corrected chi connectivity index (χ3v) is 4.12. The fourth-order valence-electron chi connectivity index (χ4n) is 2.83. The molecule has 11 nitrogen and oxygen atoms in total. The first-order valence-corrected chi connectivity index (χ1v) is 9.92. The number of nitrogens with one attached hydrogen (secondary N) is 1. The number of benzene rings is 2. The summed E-state index contributed by atoms with van der Waals surface area (Å²) in [4.78, 5) is 22.7. The normalized spacial score (nSPS) is 10.5. The van der Waals surface area contributed by atoms with Crippen LogP contribution in [0.1, 0.15) is 31.1 Å². The van der Waals surface area contributed by atoms with Crippen LogP contribution in [0.2, 0.25) is 0 Å². The fraction of sp³-hybridized carbons (Fsp3) is 0.286. The Morgan fingerprint density at radius 2 is 1.69 bits per heavy atom. The molecule has 11 heteroatoms. The van der Waals surface area contributed by atoms with Gasteiger partial charge in [-0.05, 0) is 39.0 Å². The summed E-state index contributed by atoms with van der Waals surface area (Å²) in [5, 5.41) is 21.1. The highest BCUT2D eigenvalue weighted by Crippen LogP contribution is 2.41. The highest BCUT2D eigenvalue weighted by molar-refractivity contribution is 6.03. The number of hydrogen-bond acceptors (Lipinski definition) is 9. The van der Waals surface area contributed by atoms with Gasteiger partial charge in [0.05, 0.1) is 24.7 Å². The number of carbonyl (C=O) groups is 1. The van der Waals surface area contributed by atoms with Gasteiger partial charge in [0.2, 0.25) is 11.6 Å². The Morgan fingerprint density at radius 3 is 2.28 bits per heavy atom. The van der Waals surface area contributed by atoms with Crippen molar-refractivity contribution in [1.29, 1.82) is 0 Å². The van der Waals surface area contributed by atoms with Crippen LogP contribution in [0.3, 0.4) is 0 Å².